The molecule has 1 amide bonds. The Balaban J connectivity index is 1.65. The van der Waals surface area contributed by atoms with Crippen molar-refractivity contribution in [1.29, 1.82) is 0 Å². The first kappa shape index (κ1) is 17.5. The number of primary amides is 1. The summed E-state index contributed by atoms with van der Waals surface area (Å²) in [5, 5.41) is 0.665. The third-order valence-corrected chi connectivity index (χ3v) is 4.67. The molecule has 1 unspecified atom stereocenters. The number of benzene rings is 2. The van der Waals surface area contributed by atoms with Gasteiger partial charge in [0, 0.05) is 23.6 Å². The standard InChI is InChI=1S/C21H19NO5/c22-21(24)15-5-6-19-18(9-15)17(10-20(23)27-19)14-3-1-13(2-4-14)11-26-16-7-8-25-12-16/h1-6,9-10,16H,7-8,11-12H2,(H2,22,24). The van der Waals surface area contributed by atoms with Crippen molar-refractivity contribution in [2.24, 2.45) is 5.73 Å². The SMILES string of the molecule is NC(=O)c1ccc2oc(=O)cc(-c3ccc(COC4CCOC4)cc3)c2c1. The minimum absolute atomic E-state index is 0.152. The fourth-order valence-electron chi connectivity index (χ4n) is 3.19. The van der Waals surface area contributed by atoms with Crippen LogP contribution in [-0.4, -0.2) is 25.2 Å². The Hall–Kier alpha value is -2.96. The van der Waals surface area contributed by atoms with Gasteiger partial charge in [0.15, 0.2) is 0 Å². The van der Waals surface area contributed by atoms with Crippen LogP contribution >= 0.6 is 0 Å². The van der Waals surface area contributed by atoms with Crippen molar-refractivity contribution in [2.45, 2.75) is 19.1 Å². The molecule has 1 aliphatic heterocycles. The second kappa shape index (κ2) is 7.34. The molecule has 0 aliphatic carbocycles. The van der Waals surface area contributed by atoms with Gasteiger partial charge < -0.3 is 19.6 Å². The lowest BCUT2D eigenvalue weighted by molar-refractivity contribution is 0.0317. The van der Waals surface area contributed by atoms with Crippen LogP contribution < -0.4 is 11.4 Å². The molecule has 0 bridgehead atoms. The molecule has 1 aromatic heterocycles. The monoisotopic (exact) mass is 365 g/mol. The van der Waals surface area contributed by atoms with E-state index in [1.54, 1.807) is 18.2 Å². The molecule has 2 N–H and O–H groups in total. The topological polar surface area (TPSA) is 91.8 Å². The summed E-state index contributed by atoms with van der Waals surface area (Å²) in [6.07, 6.45) is 1.08. The van der Waals surface area contributed by atoms with E-state index in [0.29, 0.717) is 35.3 Å². The third-order valence-electron chi connectivity index (χ3n) is 4.67. The molecule has 2 aromatic carbocycles. The normalized spacial score (nSPS) is 16.7. The van der Waals surface area contributed by atoms with Crippen molar-refractivity contribution < 1.29 is 18.7 Å². The molecule has 1 saturated heterocycles. The zero-order chi connectivity index (χ0) is 18.8. The molecule has 4 rings (SSSR count). The molecule has 1 aliphatic rings. The summed E-state index contributed by atoms with van der Waals surface area (Å²) in [7, 11) is 0. The highest BCUT2D eigenvalue weighted by Crippen LogP contribution is 2.28. The van der Waals surface area contributed by atoms with Gasteiger partial charge in [-0.25, -0.2) is 4.79 Å². The van der Waals surface area contributed by atoms with Crippen LogP contribution in [0.4, 0.5) is 0 Å². The number of rotatable bonds is 5. The Morgan fingerprint density at radius 3 is 2.67 bits per heavy atom. The maximum absolute atomic E-state index is 11.9. The number of fused-ring (bicyclic) bond motifs is 1. The van der Waals surface area contributed by atoms with Crippen molar-refractivity contribution >= 4 is 16.9 Å². The maximum Gasteiger partial charge on any atom is 0.336 e. The summed E-state index contributed by atoms with van der Waals surface area (Å²) in [6, 6.07) is 14.0. The largest absolute Gasteiger partial charge is 0.423 e. The highest BCUT2D eigenvalue weighted by molar-refractivity contribution is 6.00. The second-order valence-electron chi connectivity index (χ2n) is 6.55. The first-order chi connectivity index (χ1) is 13.1. The summed E-state index contributed by atoms with van der Waals surface area (Å²) >= 11 is 0. The predicted octanol–water partition coefficient (Wildman–Crippen LogP) is 2.86. The second-order valence-corrected chi connectivity index (χ2v) is 6.55. The van der Waals surface area contributed by atoms with Crippen LogP contribution in [0.1, 0.15) is 22.3 Å². The smallest absolute Gasteiger partial charge is 0.336 e. The number of hydrogen-bond acceptors (Lipinski definition) is 5. The molecule has 1 fully saturated rings. The van der Waals surface area contributed by atoms with Crippen molar-refractivity contribution in [3.8, 4) is 11.1 Å². The molecule has 6 heteroatoms. The highest BCUT2D eigenvalue weighted by atomic mass is 16.5. The molecule has 0 radical (unpaired) electrons. The number of carbonyl (C=O) groups excluding carboxylic acids is 1. The Labute approximate surface area is 155 Å². The Morgan fingerprint density at radius 2 is 1.96 bits per heavy atom. The van der Waals surface area contributed by atoms with Crippen LogP contribution in [0.25, 0.3) is 22.1 Å². The van der Waals surface area contributed by atoms with Crippen LogP contribution in [0.2, 0.25) is 0 Å². The molecular formula is C21H19NO5. The Kier molecular flexibility index (Phi) is 4.75. The number of amides is 1. The molecular weight excluding hydrogens is 346 g/mol. The van der Waals surface area contributed by atoms with Crippen LogP contribution in [0, 0.1) is 0 Å². The summed E-state index contributed by atoms with van der Waals surface area (Å²) in [4.78, 5) is 23.4. The van der Waals surface area contributed by atoms with E-state index in [2.05, 4.69) is 0 Å². The number of ether oxygens (including phenoxy) is 2. The van der Waals surface area contributed by atoms with Gasteiger partial charge in [0.25, 0.3) is 0 Å². The molecule has 0 saturated carbocycles. The van der Waals surface area contributed by atoms with E-state index in [1.165, 1.54) is 6.07 Å². The average molecular weight is 365 g/mol. The fraction of sp³-hybridized carbons (Fsp3) is 0.238. The summed E-state index contributed by atoms with van der Waals surface area (Å²) in [5.41, 5.74) is 8.29. The van der Waals surface area contributed by atoms with Crippen molar-refractivity contribution in [1.82, 2.24) is 0 Å². The molecule has 6 nitrogen and oxygen atoms in total. The van der Waals surface area contributed by atoms with E-state index in [4.69, 9.17) is 19.6 Å². The van der Waals surface area contributed by atoms with E-state index in [1.807, 2.05) is 24.3 Å². The lowest BCUT2D eigenvalue weighted by Crippen LogP contribution is -2.11. The molecule has 138 valence electrons. The van der Waals surface area contributed by atoms with Gasteiger partial charge in [-0.15, -0.1) is 0 Å². The van der Waals surface area contributed by atoms with Gasteiger partial charge in [-0.05, 0) is 41.3 Å². The highest BCUT2D eigenvalue weighted by Gasteiger charge is 2.16. The molecule has 3 aromatic rings. The molecule has 27 heavy (non-hydrogen) atoms. The Bertz CT molecular complexity index is 1030. The minimum Gasteiger partial charge on any atom is -0.423 e. The zero-order valence-corrected chi connectivity index (χ0v) is 14.6. The lowest BCUT2D eigenvalue weighted by atomic mass is 9.99. The van der Waals surface area contributed by atoms with Gasteiger partial charge in [0.2, 0.25) is 5.91 Å². The number of carbonyl (C=O) groups is 1. The van der Waals surface area contributed by atoms with E-state index < -0.39 is 11.5 Å². The summed E-state index contributed by atoms with van der Waals surface area (Å²) < 4.78 is 16.4. The van der Waals surface area contributed by atoms with E-state index >= 15 is 0 Å². The average Bonchev–Trinajstić information content (AvgIpc) is 3.19. The van der Waals surface area contributed by atoms with E-state index in [-0.39, 0.29) is 6.10 Å². The summed E-state index contributed by atoms with van der Waals surface area (Å²) in [5.74, 6) is -0.530. The van der Waals surface area contributed by atoms with Crippen LogP contribution in [-0.2, 0) is 16.1 Å². The van der Waals surface area contributed by atoms with Gasteiger partial charge in [0.05, 0.1) is 19.3 Å². The number of hydrogen-bond donors (Lipinski definition) is 1. The van der Waals surface area contributed by atoms with E-state index in [9.17, 15) is 9.59 Å². The molecule has 1 atom stereocenters. The van der Waals surface area contributed by atoms with Crippen molar-refractivity contribution in [2.75, 3.05) is 13.2 Å². The van der Waals surface area contributed by atoms with Gasteiger partial charge in [-0.1, -0.05) is 24.3 Å². The van der Waals surface area contributed by atoms with Gasteiger partial charge in [0.1, 0.15) is 5.58 Å². The lowest BCUT2D eigenvalue weighted by Gasteiger charge is -2.11. The zero-order valence-electron chi connectivity index (χ0n) is 14.6. The quantitative estimate of drug-likeness (QED) is 0.702. The first-order valence-electron chi connectivity index (χ1n) is 8.76. The fourth-order valence-corrected chi connectivity index (χ4v) is 3.19. The predicted molar refractivity (Wildman–Crippen MR) is 100 cm³/mol. The van der Waals surface area contributed by atoms with Crippen LogP contribution in [0.3, 0.4) is 0 Å². The first-order valence-corrected chi connectivity index (χ1v) is 8.76. The minimum atomic E-state index is -0.530. The van der Waals surface area contributed by atoms with E-state index in [0.717, 1.165) is 24.2 Å². The molecule has 0 spiro atoms. The van der Waals surface area contributed by atoms with Crippen LogP contribution in [0.5, 0.6) is 0 Å². The number of nitrogens with two attached hydrogens (primary N) is 1. The van der Waals surface area contributed by atoms with Gasteiger partial charge >= 0.3 is 5.63 Å². The summed E-state index contributed by atoms with van der Waals surface area (Å²) in [6.45, 7) is 1.91. The van der Waals surface area contributed by atoms with Crippen LogP contribution in [0.15, 0.2) is 57.7 Å². The Morgan fingerprint density at radius 1 is 1.15 bits per heavy atom. The van der Waals surface area contributed by atoms with Crippen molar-refractivity contribution in [3.05, 3.63) is 70.1 Å². The third kappa shape index (κ3) is 3.77. The molecule has 2 heterocycles. The maximum atomic E-state index is 11.9. The van der Waals surface area contributed by atoms with Gasteiger partial charge in [-0.2, -0.15) is 0 Å². The van der Waals surface area contributed by atoms with Crippen molar-refractivity contribution in [3.63, 3.8) is 0 Å². The van der Waals surface area contributed by atoms with Gasteiger partial charge in [-0.3, -0.25) is 4.79 Å².